The van der Waals surface area contributed by atoms with E-state index in [9.17, 15) is 4.79 Å². The fourth-order valence-electron chi connectivity index (χ4n) is 3.66. The number of aryl methyl sites for hydroxylation is 1. The van der Waals surface area contributed by atoms with Crippen molar-refractivity contribution in [2.24, 2.45) is 0 Å². The maximum absolute atomic E-state index is 13.2. The van der Waals surface area contributed by atoms with Crippen LogP contribution >= 0.6 is 11.6 Å². The predicted octanol–water partition coefficient (Wildman–Crippen LogP) is 4.20. The Morgan fingerprint density at radius 2 is 1.94 bits per heavy atom. The van der Waals surface area contributed by atoms with Gasteiger partial charge in [-0.15, -0.1) is 0 Å². The van der Waals surface area contributed by atoms with E-state index in [4.69, 9.17) is 21.1 Å². The number of halogens is 1. The van der Waals surface area contributed by atoms with Gasteiger partial charge in [-0.1, -0.05) is 54.1 Å². The van der Waals surface area contributed by atoms with Crippen molar-refractivity contribution in [1.29, 1.82) is 0 Å². The quantitative estimate of drug-likeness (QED) is 0.600. The lowest BCUT2D eigenvalue weighted by Gasteiger charge is -2.23. The molecule has 162 valence electrons. The van der Waals surface area contributed by atoms with E-state index in [2.05, 4.69) is 23.3 Å². The van der Waals surface area contributed by atoms with Crippen LogP contribution in [0.5, 0.6) is 5.75 Å². The van der Waals surface area contributed by atoms with Crippen molar-refractivity contribution < 1.29 is 14.3 Å². The highest BCUT2D eigenvalue weighted by molar-refractivity contribution is 6.33. The zero-order chi connectivity index (χ0) is 21.6. The molecule has 7 heteroatoms. The summed E-state index contributed by atoms with van der Waals surface area (Å²) in [5, 5.41) is 4.72. The molecule has 0 unspecified atom stereocenters. The molecule has 4 rings (SSSR count). The molecule has 0 radical (unpaired) electrons. The van der Waals surface area contributed by atoms with Crippen LogP contribution in [0.4, 0.5) is 0 Å². The number of amides is 1. The number of benzene rings is 2. The van der Waals surface area contributed by atoms with Crippen LogP contribution in [0.2, 0.25) is 5.02 Å². The van der Waals surface area contributed by atoms with Gasteiger partial charge in [-0.05, 0) is 29.7 Å². The second kappa shape index (κ2) is 9.98. The minimum atomic E-state index is -0.195. The zero-order valence-electron chi connectivity index (χ0n) is 17.6. The molecule has 0 saturated carbocycles. The Morgan fingerprint density at radius 3 is 2.77 bits per heavy atom. The second-order valence-electron chi connectivity index (χ2n) is 7.47. The van der Waals surface area contributed by atoms with E-state index in [-0.39, 0.29) is 11.6 Å². The van der Waals surface area contributed by atoms with E-state index in [1.165, 1.54) is 5.56 Å². The highest BCUT2D eigenvalue weighted by atomic mass is 35.5. The molecule has 0 N–H and O–H groups in total. The van der Waals surface area contributed by atoms with Crippen LogP contribution in [-0.2, 0) is 24.2 Å². The van der Waals surface area contributed by atoms with Gasteiger partial charge in [-0.2, -0.15) is 5.10 Å². The van der Waals surface area contributed by atoms with E-state index in [0.29, 0.717) is 44.5 Å². The summed E-state index contributed by atoms with van der Waals surface area (Å²) < 4.78 is 13.4. The summed E-state index contributed by atoms with van der Waals surface area (Å²) in [5.74, 6) is 0.686. The van der Waals surface area contributed by atoms with Gasteiger partial charge >= 0.3 is 0 Å². The summed E-state index contributed by atoms with van der Waals surface area (Å²) in [6.07, 6.45) is 2.44. The third kappa shape index (κ3) is 5.27. The summed E-state index contributed by atoms with van der Waals surface area (Å²) in [4.78, 5) is 15.0. The first kappa shape index (κ1) is 21.4. The summed E-state index contributed by atoms with van der Waals surface area (Å²) >= 11 is 6.29. The molecule has 0 atom stereocenters. The van der Waals surface area contributed by atoms with Gasteiger partial charge in [0, 0.05) is 32.3 Å². The van der Waals surface area contributed by atoms with Crippen molar-refractivity contribution >= 4 is 17.5 Å². The van der Waals surface area contributed by atoms with E-state index in [1.54, 1.807) is 15.8 Å². The van der Waals surface area contributed by atoms with Crippen molar-refractivity contribution in [3.8, 4) is 5.75 Å². The van der Waals surface area contributed by atoms with Crippen LogP contribution in [-0.4, -0.2) is 47.0 Å². The van der Waals surface area contributed by atoms with Crippen LogP contribution in [0.1, 0.15) is 34.1 Å². The van der Waals surface area contributed by atoms with E-state index < -0.39 is 0 Å². The van der Waals surface area contributed by atoms with Gasteiger partial charge in [-0.25, -0.2) is 0 Å². The maximum atomic E-state index is 13.2. The topological polar surface area (TPSA) is 56.6 Å². The highest BCUT2D eigenvalue weighted by Gasteiger charge is 2.22. The average Bonchev–Trinajstić information content (AvgIpc) is 3.16. The molecule has 1 aliphatic rings. The lowest BCUT2D eigenvalue weighted by molar-refractivity contribution is 0.0566. The summed E-state index contributed by atoms with van der Waals surface area (Å²) in [5.41, 5.74) is 3.62. The van der Waals surface area contributed by atoms with E-state index in [0.717, 1.165) is 23.3 Å². The van der Waals surface area contributed by atoms with Crippen LogP contribution in [0, 0.1) is 0 Å². The Balaban J connectivity index is 1.61. The van der Waals surface area contributed by atoms with Gasteiger partial charge in [0.1, 0.15) is 12.4 Å². The summed E-state index contributed by atoms with van der Waals surface area (Å²) in [6.45, 7) is 4.82. The van der Waals surface area contributed by atoms with E-state index >= 15 is 0 Å². The van der Waals surface area contributed by atoms with Crippen molar-refractivity contribution in [3.05, 3.63) is 82.1 Å². The minimum absolute atomic E-state index is 0.195. The number of aromatic nitrogens is 2. The van der Waals surface area contributed by atoms with Crippen LogP contribution in [0.25, 0.3) is 0 Å². The molecule has 31 heavy (non-hydrogen) atoms. The van der Waals surface area contributed by atoms with Crippen molar-refractivity contribution in [1.82, 2.24) is 14.7 Å². The number of hydrogen-bond acceptors (Lipinski definition) is 4. The number of carbonyl (C=O) groups is 1. The van der Waals surface area contributed by atoms with Crippen LogP contribution in [0.3, 0.4) is 0 Å². The predicted molar refractivity (Wildman–Crippen MR) is 120 cm³/mol. The van der Waals surface area contributed by atoms with Crippen molar-refractivity contribution in [2.45, 2.75) is 26.4 Å². The lowest BCUT2D eigenvalue weighted by Crippen LogP contribution is -2.34. The Labute approximate surface area is 187 Å². The molecule has 6 nitrogen and oxygen atoms in total. The van der Waals surface area contributed by atoms with Crippen LogP contribution < -0.4 is 4.74 Å². The third-order valence-electron chi connectivity index (χ3n) is 5.25. The average molecular weight is 440 g/mol. The highest BCUT2D eigenvalue weighted by Crippen LogP contribution is 2.23. The number of fused-ring (bicyclic) bond motifs is 3. The van der Waals surface area contributed by atoms with Crippen LogP contribution in [0.15, 0.2) is 54.7 Å². The smallest absolute Gasteiger partial charge is 0.276 e. The molecule has 0 fully saturated rings. The molecule has 3 aromatic rings. The Bertz CT molecular complexity index is 1050. The number of para-hydroxylation sites is 1. The van der Waals surface area contributed by atoms with Gasteiger partial charge in [-0.3, -0.25) is 9.48 Å². The number of ether oxygens (including phenoxy) is 2. The molecule has 0 saturated heterocycles. The normalized spacial score (nSPS) is 15.0. The van der Waals surface area contributed by atoms with Gasteiger partial charge in [0.05, 0.1) is 18.2 Å². The number of rotatable bonds is 2. The molecule has 1 aromatic heterocycles. The first-order valence-electron chi connectivity index (χ1n) is 10.5. The molecular weight excluding hydrogens is 414 g/mol. The van der Waals surface area contributed by atoms with Gasteiger partial charge in [0.15, 0.2) is 5.69 Å². The molecule has 0 spiro atoms. The minimum Gasteiger partial charge on any atom is -0.491 e. The molecule has 1 aliphatic heterocycles. The largest absolute Gasteiger partial charge is 0.491 e. The fraction of sp³-hybridized carbons (Fsp3) is 0.333. The Hall–Kier alpha value is -2.83. The van der Waals surface area contributed by atoms with E-state index in [1.807, 2.05) is 37.3 Å². The molecule has 2 aromatic carbocycles. The molecule has 2 bridgehead atoms. The number of hydrogen-bond donors (Lipinski definition) is 0. The van der Waals surface area contributed by atoms with Gasteiger partial charge < -0.3 is 14.4 Å². The zero-order valence-corrected chi connectivity index (χ0v) is 18.3. The Kier molecular flexibility index (Phi) is 6.89. The summed E-state index contributed by atoms with van der Waals surface area (Å²) in [6, 6.07) is 16.4. The number of carbonyl (C=O) groups excluding carboxylic acids is 1. The van der Waals surface area contributed by atoms with Gasteiger partial charge in [0.25, 0.3) is 5.91 Å². The molecule has 0 aliphatic carbocycles. The summed E-state index contributed by atoms with van der Waals surface area (Å²) in [7, 11) is 0. The first-order chi connectivity index (χ1) is 15.1. The fourth-order valence-corrected chi connectivity index (χ4v) is 3.89. The van der Waals surface area contributed by atoms with Crippen molar-refractivity contribution in [3.63, 3.8) is 0 Å². The lowest BCUT2D eigenvalue weighted by atomic mass is 10.0. The number of nitrogens with zero attached hydrogens (tertiary/aromatic N) is 3. The monoisotopic (exact) mass is 439 g/mol. The maximum Gasteiger partial charge on any atom is 0.276 e. The molecule has 2 heterocycles. The SMILES string of the molecule is CCn1cc(Cl)c(C(=O)N2CCOCCOc3ccccc3Cc3cccc(c3)C2)n1. The molecule has 1 amide bonds. The van der Waals surface area contributed by atoms with Crippen molar-refractivity contribution in [2.75, 3.05) is 26.4 Å². The van der Waals surface area contributed by atoms with Gasteiger partial charge in [0.2, 0.25) is 0 Å². The third-order valence-corrected chi connectivity index (χ3v) is 5.53. The standard InChI is InChI=1S/C24H26ClN3O3/c1-2-28-17-21(25)23(26-28)24(29)27-10-11-30-12-13-31-22-9-4-3-8-20(22)15-18-6-5-7-19(14-18)16-27/h3-9,14,17H,2,10-13,15-16H2,1H3. The molecular formula is C24H26ClN3O3. The Morgan fingerprint density at radius 1 is 1.10 bits per heavy atom. The second-order valence-corrected chi connectivity index (χ2v) is 7.88. The first-order valence-corrected chi connectivity index (χ1v) is 10.9.